The number of carboxylic acid groups (broad SMARTS) is 1. The third-order valence-electron chi connectivity index (χ3n) is 2.99. The summed E-state index contributed by atoms with van der Waals surface area (Å²) in [4.78, 5) is 23.2. The molecule has 0 aliphatic rings. The van der Waals surface area contributed by atoms with Crippen molar-refractivity contribution in [2.45, 2.75) is 12.5 Å². The zero-order chi connectivity index (χ0) is 15.9. The van der Waals surface area contributed by atoms with Crippen molar-refractivity contribution in [2.24, 2.45) is 0 Å². The quantitative estimate of drug-likeness (QED) is 0.663. The normalized spacial score (nSPS) is 11.5. The van der Waals surface area contributed by atoms with Crippen molar-refractivity contribution in [3.05, 3.63) is 63.7 Å². The number of nitrogens with one attached hydrogen (secondary N) is 2. The molecule has 0 saturated carbocycles. The summed E-state index contributed by atoms with van der Waals surface area (Å²) >= 11 is 2.17. The molecule has 2 aromatic carbocycles. The Morgan fingerprint density at radius 3 is 2.27 bits per heavy atom. The van der Waals surface area contributed by atoms with Crippen LogP contribution in [0.3, 0.4) is 0 Å². The molecule has 1 atom stereocenters. The van der Waals surface area contributed by atoms with Gasteiger partial charge < -0.3 is 15.7 Å². The van der Waals surface area contributed by atoms with Gasteiger partial charge in [0.05, 0.1) is 0 Å². The van der Waals surface area contributed by atoms with E-state index in [1.807, 2.05) is 42.5 Å². The Labute approximate surface area is 141 Å². The van der Waals surface area contributed by atoms with Crippen LogP contribution in [-0.2, 0) is 11.2 Å². The fourth-order valence-electron chi connectivity index (χ4n) is 1.91. The number of carbonyl (C=O) groups is 2. The minimum Gasteiger partial charge on any atom is -0.480 e. The van der Waals surface area contributed by atoms with E-state index in [9.17, 15) is 14.7 Å². The molecule has 0 heterocycles. The Morgan fingerprint density at radius 2 is 1.68 bits per heavy atom. The predicted molar refractivity (Wildman–Crippen MR) is 92.9 cm³/mol. The molecule has 3 N–H and O–H groups in total. The Bertz CT molecular complexity index is 644. The minimum atomic E-state index is -1.07. The molecule has 0 spiro atoms. The first-order chi connectivity index (χ1) is 10.5. The van der Waals surface area contributed by atoms with Crippen molar-refractivity contribution in [3.63, 3.8) is 0 Å². The van der Waals surface area contributed by atoms with E-state index < -0.39 is 18.0 Å². The third-order valence-corrected chi connectivity index (χ3v) is 3.71. The van der Waals surface area contributed by atoms with E-state index in [4.69, 9.17) is 0 Å². The zero-order valence-electron chi connectivity index (χ0n) is 11.6. The monoisotopic (exact) mass is 410 g/mol. The number of hydrogen-bond acceptors (Lipinski definition) is 2. The van der Waals surface area contributed by atoms with E-state index in [2.05, 4.69) is 33.2 Å². The van der Waals surface area contributed by atoms with Crippen LogP contribution in [0.15, 0.2) is 54.6 Å². The van der Waals surface area contributed by atoms with Crippen molar-refractivity contribution in [2.75, 3.05) is 5.32 Å². The number of carbonyl (C=O) groups excluding carboxylic acids is 1. The molecule has 0 aliphatic carbocycles. The van der Waals surface area contributed by atoms with Gasteiger partial charge in [-0.15, -0.1) is 0 Å². The van der Waals surface area contributed by atoms with E-state index in [0.29, 0.717) is 5.69 Å². The number of halogens is 1. The number of amides is 2. The van der Waals surface area contributed by atoms with Gasteiger partial charge in [-0.1, -0.05) is 30.3 Å². The van der Waals surface area contributed by atoms with Gasteiger partial charge in [0.1, 0.15) is 6.04 Å². The highest BCUT2D eigenvalue weighted by molar-refractivity contribution is 14.1. The summed E-state index contributed by atoms with van der Waals surface area (Å²) in [6.45, 7) is 0. The van der Waals surface area contributed by atoms with Crippen molar-refractivity contribution in [1.29, 1.82) is 0 Å². The Kier molecular flexibility index (Phi) is 5.76. The van der Waals surface area contributed by atoms with Crippen molar-refractivity contribution < 1.29 is 14.7 Å². The van der Waals surface area contributed by atoms with Crippen molar-refractivity contribution in [3.8, 4) is 0 Å². The first-order valence-electron chi connectivity index (χ1n) is 6.64. The fraction of sp³-hybridized carbons (Fsp3) is 0.125. The second kappa shape index (κ2) is 7.79. The van der Waals surface area contributed by atoms with E-state index in [1.54, 1.807) is 12.1 Å². The molecular formula is C16H15IN2O3. The van der Waals surface area contributed by atoms with Crippen LogP contribution in [0.4, 0.5) is 10.5 Å². The van der Waals surface area contributed by atoms with E-state index in [-0.39, 0.29) is 6.42 Å². The van der Waals surface area contributed by atoms with Crippen LogP contribution in [0.1, 0.15) is 5.56 Å². The summed E-state index contributed by atoms with van der Waals surface area (Å²) in [5.41, 5.74) is 1.46. The number of carboxylic acids is 1. The smallest absolute Gasteiger partial charge is 0.326 e. The lowest BCUT2D eigenvalue weighted by Crippen LogP contribution is -2.44. The van der Waals surface area contributed by atoms with Gasteiger partial charge in [0.2, 0.25) is 0 Å². The number of anilines is 1. The molecule has 22 heavy (non-hydrogen) atoms. The molecule has 2 aromatic rings. The lowest BCUT2D eigenvalue weighted by molar-refractivity contribution is -0.139. The highest BCUT2D eigenvalue weighted by Gasteiger charge is 2.20. The lowest BCUT2D eigenvalue weighted by Gasteiger charge is -2.15. The first kappa shape index (κ1) is 16.3. The average molecular weight is 410 g/mol. The molecule has 2 amide bonds. The summed E-state index contributed by atoms with van der Waals surface area (Å²) in [5, 5.41) is 14.3. The zero-order valence-corrected chi connectivity index (χ0v) is 13.8. The SMILES string of the molecule is O=C(Nc1ccc(I)cc1)N[C@H](Cc1ccccc1)C(=O)O. The van der Waals surface area contributed by atoms with E-state index in [1.165, 1.54) is 0 Å². The molecule has 2 rings (SSSR count). The van der Waals surface area contributed by atoms with Gasteiger partial charge in [-0.2, -0.15) is 0 Å². The average Bonchev–Trinajstić information content (AvgIpc) is 2.50. The summed E-state index contributed by atoms with van der Waals surface area (Å²) in [6, 6.07) is 14.9. The van der Waals surface area contributed by atoms with E-state index >= 15 is 0 Å². The van der Waals surface area contributed by atoms with Gasteiger partial charge in [0, 0.05) is 15.7 Å². The Balaban J connectivity index is 1.97. The van der Waals surface area contributed by atoms with Crippen LogP contribution >= 0.6 is 22.6 Å². The van der Waals surface area contributed by atoms with Crippen LogP contribution in [-0.4, -0.2) is 23.1 Å². The molecule has 114 valence electrons. The highest BCUT2D eigenvalue weighted by atomic mass is 127. The van der Waals surface area contributed by atoms with Gasteiger partial charge >= 0.3 is 12.0 Å². The van der Waals surface area contributed by atoms with Gasteiger partial charge in [0.25, 0.3) is 0 Å². The van der Waals surface area contributed by atoms with Crippen molar-refractivity contribution in [1.82, 2.24) is 5.32 Å². The molecule has 0 unspecified atom stereocenters. The number of rotatable bonds is 5. The number of hydrogen-bond donors (Lipinski definition) is 3. The maximum Gasteiger partial charge on any atom is 0.326 e. The molecule has 0 aromatic heterocycles. The second-order valence-electron chi connectivity index (χ2n) is 4.69. The molecule has 6 heteroatoms. The maximum atomic E-state index is 11.9. The maximum absolute atomic E-state index is 11.9. The molecule has 0 fully saturated rings. The van der Waals surface area contributed by atoms with Crippen LogP contribution in [0.2, 0.25) is 0 Å². The summed E-state index contributed by atoms with van der Waals surface area (Å²) < 4.78 is 1.05. The topological polar surface area (TPSA) is 78.4 Å². The largest absolute Gasteiger partial charge is 0.480 e. The van der Waals surface area contributed by atoms with E-state index in [0.717, 1.165) is 9.13 Å². The highest BCUT2D eigenvalue weighted by Crippen LogP contribution is 2.11. The number of benzene rings is 2. The lowest BCUT2D eigenvalue weighted by atomic mass is 10.1. The molecule has 0 saturated heterocycles. The van der Waals surface area contributed by atoms with Gasteiger partial charge in [-0.05, 0) is 52.4 Å². The van der Waals surface area contributed by atoms with Crippen LogP contribution in [0.25, 0.3) is 0 Å². The molecule has 5 nitrogen and oxygen atoms in total. The first-order valence-corrected chi connectivity index (χ1v) is 7.72. The molecule has 0 bridgehead atoms. The second-order valence-corrected chi connectivity index (χ2v) is 5.93. The number of urea groups is 1. The molecular weight excluding hydrogens is 395 g/mol. The summed E-state index contributed by atoms with van der Waals surface area (Å²) in [5.74, 6) is -1.07. The van der Waals surface area contributed by atoms with Crippen LogP contribution in [0.5, 0.6) is 0 Å². The van der Waals surface area contributed by atoms with Gasteiger partial charge in [-0.3, -0.25) is 0 Å². The molecule has 0 radical (unpaired) electrons. The molecule has 0 aliphatic heterocycles. The Morgan fingerprint density at radius 1 is 1.05 bits per heavy atom. The number of aliphatic carboxylic acids is 1. The third kappa shape index (κ3) is 5.03. The van der Waals surface area contributed by atoms with Crippen LogP contribution < -0.4 is 10.6 Å². The summed E-state index contributed by atoms with van der Waals surface area (Å²) in [6.07, 6.45) is 0.232. The van der Waals surface area contributed by atoms with Crippen LogP contribution in [0, 0.1) is 3.57 Å². The summed E-state index contributed by atoms with van der Waals surface area (Å²) in [7, 11) is 0. The fourth-order valence-corrected chi connectivity index (χ4v) is 2.27. The Hall–Kier alpha value is -2.09. The van der Waals surface area contributed by atoms with Gasteiger partial charge in [0.15, 0.2) is 0 Å². The van der Waals surface area contributed by atoms with Crippen molar-refractivity contribution >= 4 is 40.3 Å². The predicted octanol–water partition coefficient (Wildman–Crippen LogP) is 3.11. The minimum absolute atomic E-state index is 0.232. The van der Waals surface area contributed by atoms with Gasteiger partial charge in [-0.25, -0.2) is 9.59 Å². The standard InChI is InChI=1S/C16H15IN2O3/c17-12-6-8-13(9-7-12)18-16(22)19-14(15(20)21)10-11-4-2-1-3-5-11/h1-9,14H,10H2,(H,20,21)(H2,18,19,22)/t14-/m1/s1.